The van der Waals surface area contributed by atoms with Crippen molar-refractivity contribution >= 4 is 42.0 Å². The molecule has 0 unspecified atom stereocenters. The van der Waals surface area contributed by atoms with E-state index in [1.54, 1.807) is 0 Å². The van der Waals surface area contributed by atoms with Crippen LogP contribution >= 0.6 is 31.8 Å². The fourth-order valence-electron chi connectivity index (χ4n) is 0.528. The average molecular weight is 229 g/mol. The predicted octanol–water partition coefficient (Wildman–Crippen LogP) is -0.129. The van der Waals surface area contributed by atoms with Crippen LogP contribution in [0.25, 0.3) is 0 Å². The molecule has 68 valence electrons. The minimum Gasteiger partial charge on any atom is -0.301 e. The third kappa shape index (κ3) is 2.51. The lowest BCUT2D eigenvalue weighted by Gasteiger charge is -2.13. The molecule has 2 N–H and O–H groups in total. The molecule has 0 saturated carbocycles. The van der Waals surface area contributed by atoms with Gasteiger partial charge in [0.25, 0.3) is 5.91 Å². The van der Waals surface area contributed by atoms with E-state index in [9.17, 15) is 9.36 Å². The van der Waals surface area contributed by atoms with Crippen LogP contribution in [0.3, 0.4) is 0 Å². The van der Waals surface area contributed by atoms with Crippen molar-refractivity contribution in [2.45, 2.75) is 0 Å². The molecule has 0 spiro atoms. The van der Waals surface area contributed by atoms with Gasteiger partial charge in [0.1, 0.15) is 0 Å². The Labute approximate surface area is 77.1 Å². The number of amides is 1. The van der Waals surface area contributed by atoms with Gasteiger partial charge in [-0.1, -0.05) is 11.8 Å². The molecule has 0 atom stereocenters. The van der Waals surface area contributed by atoms with Crippen LogP contribution in [0.5, 0.6) is 0 Å². The first kappa shape index (κ1) is 10.1. The number of hydrogen-bond donors (Lipinski definition) is 2. The zero-order valence-electron chi connectivity index (χ0n) is 5.54. The first-order valence-corrected chi connectivity index (χ1v) is 5.57. The van der Waals surface area contributed by atoms with E-state index < -0.39 is 13.7 Å². The Kier molecular flexibility index (Phi) is 2.87. The van der Waals surface area contributed by atoms with Gasteiger partial charge in [0.05, 0.1) is 5.75 Å². The Balaban J connectivity index is 2.69. The van der Waals surface area contributed by atoms with Crippen molar-refractivity contribution in [3.8, 4) is 0 Å². The van der Waals surface area contributed by atoms with Crippen LogP contribution in [0.2, 0.25) is 0 Å². The van der Waals surface area contributed by atoms with Crippen LogP contribution in [0, 0.1) is 0 Å². The zero-order chi connectivity index (χ0) is 9.35. The third-order valence-electron chi connectivity index (χ3n) is 0.899. The van der Waals surface area contributed by atoms with Gasteiger partial charge in [-0.25, -0.2) is 4.57 Å². The summed E-state index contributed by atoms with van der Waals surface area (Å²) in [5, 5.41) is 0.445. The monoisotopic (exact) mass is 229 g/mol. The summed E-state index contributed by atoms with van der Waals surface area (Å²) in [4.78, 5) is 27.5. The maximum atomic E-state index is 10.8. The fourth-order valence-corrected chi connectivity index (χ4v) is 1.96. The summed E-state index contributed by atoms with van der Waals surface area (Å²) in [6.45, 7) is 0. The molecule has 6 nitrogen and oxygen atoms in total. The highest BCUT2D eigenvalue weighted by Crippen LogP contribution is 2.39. The summed E-state index contributed by atoms with van der Waals surface area (Å²) in [7, 11) is -4.69. The molecule has 1 aliphatic rings. The highest BCUT2D eigenvalue weighted by atomic mass is 32.2. The van der Waals surface area contributed by atoms with Gasteiger partial charge in [0, 0.05) is 0 Å². The van der Waals surface area contributed by atoms with E-state index in [1.165, 1.54) is 0 Å². The molecular formula is C3H4NO5PS2. The second kappa shape index (κ2) is 3.41. The van der Waals surface area contributed by atoms with Gasteiger partial charge < -0.3 is 9.79 Å². The van der Waals surface area contributed by atoms with Crippen molar-refractivity contribution in [1.29, 1.82) is 0 Å². The SMILES string of the molecule is O=C1CSC(=S)N1OP(=O)(O)O. The van der Waals surface area contributed by atoms with Crippen LogP contribution in [0.4, 0.5) is 0 Å². The predicted molar refractivity (Wildman–Crippen MR) is 45.0 cm³/mol. The van der Waals surface area contributed by atoms with Gasteiger partial charge >= 0.3 is 7.82 Å². The molecule has 12 heavy (non-hydrogen) atoms. The standard InChI is InChI=1S/C3H4NO5PS2/c5-2-1-12-3(11)4(2)9-10(6,7)8/h1H2,(H2,6,7,8). The van der Waals surface area contributed by atoms with Crippen molar-refractivity contribution in [2.75, 3.05) is 5.75 Å². The van der Waals surface area contributed by atoms with Crippen molar-refractivity contribution < 1.29 is 23.8 Å². The largest absolute Gasteiger partial charge is 0.491 e. The Bertz CT molecular complexity index is 258. The molecule has 1 aliphatic heterocycles. The minimum absolute atomic E-state index is 0.0170. The molecule has 1 fully saturated rings. The van der Waals surface area contributed by atoms with Crippen molar-refractivity contribution in [3.63, 3.8) is 0 Å². The zero-order valence-corrected chi connectivity index (χ0v) is 8.06. The molecule has 0 aliphatic carbocycles. The maximum Gasteiger partial charge on any atom is 0.491 e. The number of nitrogens with zero attached hydrogens (tertiary/aromatic N) is 1. The number of rotatable bonds is 2. The molecule has 0 aromatic heterocycles. The van der Waals surface area contributed by atoms with Crippen LogP contribution in [0.1, 0.15) is 0 Å². The Morgan fingerprint density at radius 3 is 2.58 bits per heavy atom. The molecule has 0 bridgehead atoms. The summed E-state index contributed by atoms with van der Waals surface area (Å²) in [5.41, 5.74) is 0. The van der Waals surface area contributed by atoms with Crippen molar-refractivity contribution in [1.82, 2.24) is 5.06 Å². The van der Waals surface area contributed by atoms with Gasteiger partial charge in [-0.15, -0.1) is 0 Å². The van der Waals surface area contributed by atoms with Crippen molar-refractivity contribution in [3.05, 3.63) is 0 Å². The molecular weight excluding hydrogens is 225 g/mol. The lowest BCUT2D eigenvalue weighted by atomic mass is 10.7. The normalized spacial score (nSPS) is 19.0. The molecule has 1 amide bonds. The summed E-state index contributed by atoms with van der Waals surface area (Å²) < 4.78 is 14.3. The lowest BCUT2D eigenvalue weighted by molar-refractivity contribution is -0.142. The summed E-state index contributed by atoms with van der Waals surface area (Å²) >= 11 is 5.58. The molecule has 1 rings (SSSR count). The third-order valence-corrected chi connectivity index (χ3v) is 2.60. The number of thioether (sulfide) groups is 1. The van der Waals surface area contributed by atoms with E-state index in [4.69, 9.17) is 9.79 Å². The van der Waals surface area contributed by atoms with Gasteiger partial charge in [0.2, 0.25) is 0 Å². The number of hydroxylamine groups is 2. The van der Waals surface area contributed by atoms with E-state index >= 15 is 0 Å². The van der Waals surface area contributed by atoms with E-state index in [1.807, 2.05) is 0 Å². The average Bonchev–Trinajstić information content (AvgIpc) is 2.16. The van der Waals surface area contributed by atoms with Gasteiger partial charge in [-0.05, 0) is 12.2 Å². The number of hydrogen-bond acceptors (Lipinski definition) is 5. The molecule has 1 heterocycles. The van der Waals surface area contributed by atoms with Gasteiger partial charge in [0.15, 0.2) is 4.32 Å². The van der Waals surface area contributed by atoms with E-state index in [-0.39, 0.29) is 10.1 Å². The molecule has 0 aromatic carbocycles. The molecule has 1 saturated heterocycles. The summed E-state index contributed by atoms with van der Waals surface area (Å²) in [6.07, 6.45) is 0. The van der Waals surface area contributed by atoms with Crippen molar-refractivity contribution in [2.24, 2.45) is 0 Å². The van der Waals surface area contributed by atoms with E-state index in [0.717, 1.165) is 11.8 Å². The number of carbonyl (C=O) groups is 1. The number of carbonyl (C=O) groups excluding carboxylic acids is 1. The summed E-state index contributed by atoms with van der Waals surface area (Å²) in [5.74, 6) is -0.507. The second-order valence-corrected chi connectivity index (χ2v) is 4.57. The maximum absolute atomic E-state index is 10.8. The Hall–Kier alpha value is 0.0200. The van der Waals surface area contributed by atoms with E-state index in [0.29, 0.717) is 5.06 Å². The van der Waals surface area contributed by atoms with Crippen LogP contribution in [-0.4, -0.2) is 30.8 Å². The molecule has 0 radical (unpaired) electrons. The Morgan fingerprint density at radius 2 is 2.25 bits per heavy atom. The first-order chi connectivity index (χ1) is 5.40. The Morgan fingerprint density at radius 1 is 1.67 bits per heavy atom. The highest BCUT2D eigenvalue weighted by Gasteiger charge is 2.33. The van der Waals surface area contributed by atoms with Crippen LogP contribution < -0.4 is 0 Å². The quantitative estimate of drug-likeness (QED) is 0.503. The second-order valence-electron chi connectivity index (χ2n) is 1.81. The van der Waals surface area contributed by atoms with E-state index in [2.05, 4.69) is 16.8 Å². The fraction of sp³-hybridized carbons (Fsp3) is 0.333. The first-order valence-electron chi connectivity index (χ1n) is 2.65. The minimum atomic E-state index is -4.69. The van der Waals surface area contributed by atoms with Crippen LogP contribution in [-0.2, 0) is 14.0 Å². The smallest absolute Gasteiger partial charge is 0.301 e. The number of phosphoric acid groups is 1. The molecule has 0 aromatic rings. The molecule has 9 heteroatoms. The lowest BCUT2D eigenvalue weighted by Crippen LogP contribution is -2.27. The topological polar surface area (TPSA) is 87.1 Å². The highest BCUT2D eigenvalue weighted by molar-refractivity contribution is 8.23. The number of thiocarbonyl (C=S) groups is 1. The summed E-state index contributed by atoms with van der Waals surface area (Å²) in [6, 6.07) is 0. The van der Waals surface area contributed by atoms with Crippen LogP contribution in [0.15, 0.2) is 0 Å². The van der Waals surface area contributed by atoms with Gasteiger partial charge in [-0.3, -0.25) is 4.79 Å². The van der Waals surface area contributed by atoms with Gasteiger partial charge in [-0.2, -0.15) is 9.69 Å².